The molecule has 28 heavy (non-hydrogen) atoms. The minimum Gasteiger partial charge on any atom is -0.271 e. The van der Waals surface area contributed by atoms with E-state index in [4.69, 9.17) is 0 Å². The first kappa shape index (κ1) is 21.6. The molecule has 0 aliphatic heterocycles. The fraction of sp³-hybridized carbons (Fsp3) is 0.333. The van der Waals surface area contributed by atoms with Crippen molar-refractivity contribution in [2.24, 2.45) is 5.10 Å². The molecular weight excluding hydrogens is 374 g/mol. The third kappa shape index (κ3) is 6.20. The number of nitrogens with one attached hydrogen (secondary N) is 1. The maximum absolute atomic E-state index is 12.2. The van der Waals surface area contributed by atoms with Crippen molar-refractivity contribution in [3.05, 3.63) is 64.7 Å². The molecule has 2 rings (SSSR count). The Morgan fingerprint density at radius 2 is 1.68 bits per heavy atom. The number of hydrogen-bond donors (Lipinski definition) is 1. The topological polar surface area (TPSA) is 78.8 Å². The lowest BCUT2D eigenvalue weighted by atomic mass is 10.0. The van der Waals surface area contributed by atoms with Crippen LogP contribution >= 0.6 is 0 Å². The number of nitrogens with zero attached hydrogens (tertiary/aromatic N) is 2. The van der Waals surface area contributed by atoms with Crippen molar-refractivity contribution in [3.63, 3.8) is 0 Å². The second-order valence-corrected chi connectivity index (χ2v) is 9.14. The van der Waals surface area contributed by atoms with E-state index in [9.17, 15) is 13.2 Å². The van der Waals surface area contributed by atoms with Crippen molar-refractivity contribution >= 4 is 27.8 Å². The fourth-order valence-electron chi connectivity index (χ4n) is 2.81. The van der Waals surface area contributed by atoms with Crippen molar-refractivity contribution in [2.75, 3.05) is 17.1 Å². The molecule has 0 radical (unpaired) electrons. The molecule has 6 nitrogen and oxygen atoms in total. The third-order valence-electron chi connectivity index (χ3n) is 4.19. The molecule has 0 heterocycles. The Bertz CT molecular complexity index is 945. The predicted molar refractivity (Wildman–Crippen MR) is 114 cm³/mol. The monoisotopic (exact) mass is 401 g/mol. The Morgan fingerprint density at radius 3 is 2.18 bits per heavy atom. The summed E-state index contributed by atoms with van der Waals surface area (Å²) in [5, 5.41) is 3.93. The van der Waals surface area contributed by atoms with Gasteiger partial charge in [-0.15, -0.1) is 0 Å². The summed E-state index contributed by atoms with van der Waals surface area (Å²) in [7, 11) is -3.62. The van der Waals surface area contributed by atoms with E-state index in [-0.39, 0.29) is 6.54 Å². The number of hydrogen-bond acceptors (Lipinski definition) is 4. The number of benzene rings is 2. The molecule has 150 valence electrons. The quantitative estimate of drug-likeness (QED) is 0.571. The van der Waals surface area contributed by atoms with Crippen LogP contribution in [-0.4, -0.2) is 33.3 Å². The average Bonchev–Trinajstić information content (AvgIpc) is 2.58. The minimum absolute atomic E-state index is 0.342. The molecule has 0 bridgehead atoms. The molecule has 0 aromatic heterocycles. The van der Waals surface area contributed by atoms with Gasteiger partial charge >= 0.3 is 0 Å². The molecule has 2 aromatic carbocycles. The molecule has 2 aromatic rings. The van der Waals surface area contributed by atoms with Crippen molar-refractivity contribution in [2.45, 2.75) is 33.6 Å². The van der Waals surface area contributed by atoms with E-state index in [0.717, 1.165) is 27.3 Å². The van der Waals surface area contributed by atoms with Crippen LogP contribution in [-0.2, 0) is 14.8 Å². The Labute approximate surface area is 167 Å². The van der Waals surface area contributed by atoms with Crippen LogP contribution in [0, 0.1) is 13.8 Å². The highest BCUT2D eigenvalue weighted by Gasteiger charge is 2.21. The van der Waals surface area contributed by atoms with E-state index in [1.807, 2.05) is 44.2 Å². The zero-order chi connectivity index (χ0) is 20.9. The maximum atomic E-state index is 12.2. The van der Waals surface area contributed by atoms with Gasteiger partial charge in [0.05, 0.1) is 18.2 Å². The van der Waals surface area contributed by atoms with E-state index in [0.29, 0.717) is 11.6 Å². The zero-order valence-corrected chi connectivity index (χ0v) is 17.7. The molecule has 7 heteroatoms. The van der Waals surface area contributed by atoms with Gasteiger partial charge in [0.25, 0.3) is 5.91 Å². The Hall–Kier alpha value is -2.67. The van der Waals surface area contributed by atoms with E-state index in [2.05, 4.69) is 24.4 Å². The van der Waals surface area contributed by atoms with Gasteiger partial charge in [0, 0.05) is 0 Å². The lowest BCUT2D eigenvalue weighted by molar-refractivity contribution is -0.119. The summed E-state index contributed by atoms with van der Waals surface area (Å²) < 4.78 is 25.4. The molecule has 0 fully saturated rings. The van der Waals surface area contributed by atoms with Crippen molar-refractivity contribution in [1.29, 1.82) is 0 Å². The van der Waals surface area contributed by atoms with Crippen molar-refractivity contribution < 1.29 is 13.2 Å². The molecule has 0 aliphatic rings. The molecule has 1 N–H and O–H groups in total. The number of aryl methyl sites for hydroxylation is 2. The Morgan fingerprint density at radius 1 is 1.11 bits per heavy atom. The van der Waals surface area contributed by atoms with Gasteiger partial charge < -0.3 is 0 Å². The summed E-state index contributed by atoms with van der Waals surface area (Å²) in [6, 6.07) is 13.3. The van der Waals surface area contributed by atoms with Gasteiger partial charge in [-0.25, -0.2) is 13.8 Å². The number of carbonyl (C=O) groups excluding carboxylic acids is 1. The first-order valence-corrected chi connectivity index (χ1v) is 10.9. The summed E-state index contributed by atoms with van der Waals surface area (Å²) in [6.45, 7) is 7.66. The fourth-order valence-corrected chi connectivity index (χ4v) is 3.65. The number of sulfonamides is 1. The van der Waals surface area contributed by atoms with Gasteiger partial charge in [0.1, 0.15) is 6.54 Å². The van der Waals surface area contributed by atoms with Gasteiger partial charge in [-0.05, 0) is 54.2 Å². The zero-order valence-electron chi connectivity index (χ0n) is 16.9. The molecule has 0 saturated heterocycles. The molecule has 0 aliphatic carbocycles. The first-order chi connectivity index (χ1) is 13.1. The first-order valence-electron chi connectivity index (χ1n) is 9.04. The number of carbonyl (C=O) groups is 1. The molecule has 0 atom stereocenters. The summed E-state index contributed by atoms with van der Waals surface area (Å²) in [6.07, 6.45) is 2.61. The van der Waals surface area contributed by atoms with Crippen molar-refractivity contribution in [3.8, 4) is 0 Å². The molecule has 0 unspecified atom stereocenters. The third-order valence-corrected chi connectivity index (χ3v) is 5.33. The summed E-state index contributed by atoms with van der Waals surface area (Å²) in [4.78, 5) is 12.2. The smallest absolute Gasteiger partial charge is 0.260 e. The predicted octanol–water partition coefficient (Wildman–Crippen LogP) is 3.34. The number of amides is 1. The Kier molecular flexibility index (Phi) is 6.96. The van der Waals surface area contributed by atoms with Crippen molar-refractivity contribution in [1.82, 2.24) is 5.43 Å². The highest BCUT2D eigenvalue weighted by Crippen LogP contribution is 2.21. The van der Waals surface area contributed by atoms with Crippen LogP contribution in [0.25, 0.3) is 0 Å². The largest absolute Gasteiger partial charge is 0.271 e. The summed E-state index contributed by atoms with van der Waals surface area (Å²) in [5.74, 6) is -0.0717. The lowest BCUT2D eigenvalue weighted by Crippen LogP contribution is -2.39. The van der Waals surface area contributed by atoms with Crippen LogP contribution in [0.2, 0.25) is 0 Å². The summed E-state index contributed by atoms with van der Waals surface area (Å²) in [5.41, 5.74) is 6.77. The van der Waals surface area contributed by atoms with E-state index in [1.165, 1.54) is 11.8 Å². The van der Waals surface area contributed by atoms with Crippen LogP contribution < -0.4 is 9.73 Å². The number of anilines is 1. The van der Waals surface area contributed by atoms with Gasteiger partial charge in [0.2, 0.25) is 10.0 Å². The standard InChI is InChI=1S/C21H27N3O3S/c1-15(2)19-8-6-18(7-9-19)13-22-23-21(25)14-24(28(5,26)27)20-11-16(3)10-17(4)12-20/h6-13,15H,14H2,1-5H3,(H,23,25)/b22-13-. The minimum atomic E-state index is -3.62. The van der Waals surface area contributed by atoms with Crippen LogP contribution in [0.1, 0.15) is 42.0 Å². The van der Waals surface area contributed by atoms with Crippen LogP contribution in [0.15, 0.2) is 47.6 Å². The highest BCUT2D eigenvalue weighted by molar-refractivity contribution is 7.92. The lowest BCUT2D eigenvalue weighted by Gasteiger charge is -2.22. The number of hydrazone groups is 1. The van der Waals surface area contributed by atoms with E-state index < -0.39 is 15.9 Å². The van der Waals surface area contributed by atoms with E-state index in [1.54, 1.807) is 12.1 Å². The van der Waals surface area contributed by atoms with E-state index >= 15 is 0 Å². The SMILES string of the molecule is Cc1cc(C)cc(N(CC(=O)N/N=C\c2ccc(C(C)C)cc2)S(C)(=O)=O)c1. The summed E-state index contributed by atoms with van der Waals surface area (Å²) >= 11 is 0. The highest BCUT2D eigenvalue weighted by atomic mass is 32.2. The maximum Gasteiger partial charge on any atom is 0.260 e. The van der Waals surface area contributed by atoms with Gasteiger partial charge in [-0.3, -0.25) is 9.10 Å². The van der Waals surface area contributed by atoms with Gasteiger partial charge in [-0.1, -0.05) is 44.2 Å². The second-order valence-electron chi connectivity index (χ2n) is 7.23. The Balaban J connectivity index is 2.07. The van der Waals surface area contributed by atoms with Crippen LogP contribution in [0.3, 0.4) is 0 Å². The van der Waals surface area contributed by atoms with Gasteiger partial charge in [0.15, 0.2) is 0 Å². The number of rotatable bonds is 7. The normalized spacial score (nSPS) is 11.8. The molecular formula is C21H27N3O3S. The van der Waals surface area contributed by atoms with Crippen LogP contribution in [0.5, 0.6) is 0 Å². The molecule has 1 amide bonds. The molecule has 0 saturated carbocycles. The molecule has 0 spiro atoms. The average molecular weight is 402 g/mol. The second kappa shape index (κ2) is 9.01. The van der Waals surface area contributed by atoms with Crippen LogP contribution in [0.4, 0.5) is 5.69 Å². The van der Waals surface area contributed by atoms with Gasteiger partial charge in [-0.2, -0.15) is 5.10 Å².